The van der Waals surface area contributed by atoms with E-state index in [-0.39, 0.29) is 11.9 Å². The number of carbonyl (C=O) groups excluding carboxylic acids is 1. The van der Waals surface area contributed by atoms with Gasteiger partial charge in [-0.05, 0) is 38.3 Å². The predicted octanol–water partition coefficient (Wildman–Crippen LogP) is 4.09. The lowest BCUT2D eigenvalue weighted by atomic mass is 9.90. The van der Waals surface area contributed by atoms with Crippen LogP contribution < -0.4 is 10.1 Å². The third-order valence-corrected chi connectivity index (χ3v) is 6.54. The Hall–Kier alpha value is -2.21. The third kappa shape index (κ3) is 3.38. The summed E-state index contributed by atoms with van der Waals surface area (Å²) >= 11 is 1.85. The van der Waals surface area contributed by atoms with Gasteiger partial charge in [0.2, 0.25) is 0 Å². The highest BCUT2D eigenvalue weighted by Crippen LogP contribution is 2.47. The number of nitrogens with one attached hydrogen (secondary N) is 1. The average molecular weight is 385 g/mol. The number of aryl methyl sites for hydroxylation is 1. The van der Waals surface area contributed by atoms with Gasteiger partial charge in [0.05, 0.1) is 18.2 Å². The number of thioether (sulfide) groups is 1. The molecule has 0 unspecified atom stereocenters. The molecule has 1 aromatic carbocycles. The number of aliphatic imine (C=N–C) groups is 1. The van der Waals surface area contributed by atoms with Crippen molar-refractivity contribution in [3.63, 3.8) is 0 Å². The molecule has 2 atom stereocenters. The number of hydrogen-bond acceptors (Lipinski definition) is 5. The zero-order valence-electron chi connectivity index (χ0n) is 15.9. The van der Waals surface area contributed by atoms with E-state index in [2.05, 4.69) is 12.2 Å². The Labute approximate surface area is 163 Å². The smallest absolute Gasteiger partial charge is 0.287 e. The lowest BCUT2D eigenvalue weighted by Gasteiger charge is -2.22. The SMILES string of the molecule is COc1ccccc1CCNC(=O)c1oc2c(c1C)[C@@H]1N=C(C)S[C@H]1CC2. The van der Waals surface area contributed by atoms with E-state index in [1.807, 2.05) is 43.0 Å². The summed E-state index contributed by atoms with van der Waals surface area (Å²) in [4.78, 5) is 17.5. The molecule has 1 aliphatic heterocycles. The molecule has 27 heavy (non-hydrogen) atoms. The minimum Gasteiger partial charge on any atom is -0.496 e. The first-order chi connectivity index (χ1) is 13.1. The Morgan fingerprint density at radius 1 is 1.37 bits per heavy atom. The number of amides is 1. The van der Waals surface area contributed by atoms with Gasteiger partial charge in [0, 0.05) is 29.3 Å². The van der Waals surface area contributed by atoms with Crippen molar-refractivity contribution >= 4 is 22.7 Å². The van der Waals surface area contributed by atoms with Crippen LogP contribution >= 0.6 is 11.8 Å². The van der Waals surface area contributed by atoms with Crippen molar-refractivity contribution in [1.82, 2.24) is 5.32 Å². The van der Waals surface area contributed by atoms with Gasteiger partial charge in [-0.15, -0.1) is 11.8 Å². The number of fused-ring (bicyclic) bond motifs is 3. The van der Waals surface area contributed by atoms with Crippen LogP contribution in [0.4, 0.5) is 0 Å². The molecule has 2 heterocycles. The van der Waals surface area contributed by atoms with Crippen molar-refractivity contribution in [2.24, 2.45) is 4.99 Å². The van der Waals surface area contributed by atoms with Gasteiger partial charge in [-0.25, -0.2) is 0 Å². The molecule has 5 nitrogen and oxygen atoms in total. The van der Waals surface area contributed by atoms with Gasteiger partial charge in [0.15, 0.2) is 5.76 Å². The van der Waals surface area contributed by atoms with Crippen LogP contribution in [0.25, 0.3) is 0 Å². The number of rotatable bonds is 5. The van der Waals surface area contributed by atoms with Gasteiger partial charge < -0.3 is 14.5 Å². The van der Waals surface area contributed by atoms with E-state index < -0.39 is 0 Å². The van der Waals surface area contributed by atoms with Gasteiger partial charge >= 0.3 is 0 Å². The molecule has 1 amide bonds. The molecule has 0 fully saturated rings. The number of carbonyl (C=O) groups is 1. The number of furan rings is 1. The summed E-state index contributed by atoms with van der Waals surface area (Å²) in [5, 5.41) is 4.60. The topological polar surface area (TPSA) is 63.8 Å². The number of ether oxygens (including phenoxy) is 1. The fraction of sp³-hybridized carbons (Fsp3) is 0.429. The van der Waals surface area contributed by atoms with Crippen LogP contribution in [0.15, 0.2) is 33.7 Å². The third-order valence-electron chi connectivity index (χ3n) is 5.30. The van der Waals surface area contributed by atoms with Crippen molar-refractivity contribution in [3.05, 3.63) is 52.5 Å². The van der Waals surface area contributed by atoms with Crippen LogP contribution in [0.5, 0.6) is 5.75 Å². The van der Waals surface area contributed by atoms with E-state index in [0.717, 1.165) is 46.1 Å². The molecule has 0 saturated carbocycles. The standard InChI is InChI=1S/C21H24N2O3S/c1-12-18-16(8-9-17-19(18)23-13(2)27-17)26-20(12)21(24)22-11-10-14-6-4-5-7-15(14)25-3/h4-7,17,19H,8-11H2,1-3H3,(H,22,24)/t17-,19+/m0/s1. The van der Waals surface area contributed by atoms with Crippen molar-refractivity contribution in [3.8, 4) is 5.75 Å². The summed E-state index contributed by atoms with van der Waals surface area (Å²) in [6.45, 7) is 4.57. The quantitative estimate of drug-likeness (QED) is 0.843. The van der Waals surface area contributed by atoms with Gasteiger partial charge in [-0.3, -0.25) is 9.79 Å². The maximum atomic E-state index is 12.7. The zero-order valence-corrected chi connectivity index (χ0v) is 16.7. The van der Waals surface area contributed by atoms with Crippen LogP contribution in [0.2, 0.25) is 0 Å². The highest BCUT2D eigenvalue weighted by Gasteiger charge is 2.39. The Bertz CT molecular complexity index is 903. The van der Waals surface area contributed by atoms with Crippen molar-refractivity contribution in [2.75, 3.05) is 13.7 Å². The van der Waals surface area contributed by atoms with Crippen LogP contribution in [0, 0.1) is 6.92 Å². The van der Waals surface area contributed by atoms with E-state index in [4.69, 9.17) is 14.1 Å². The lowest BCUT2D eigenvalue weighted by Crippen LogP contribution is -2.26. The second-order valence-corrected chi connectivity index (χ2v) is 8.43. The van der Waals surface area contributed by atoms with Gasteiger partial charge in [-0.2, -0.15) is 0 Å². The number of hydrogen-bond donors (Lipinski definition) is 1. The van der Waals surface area contributed by atoms with Crippen molar-refractivity contribution in [2.45, 2.75) is 44.4 Å². The molecule has 2 aliphatic rings. The molecule has 1 N–H and O–H groups in total. The summed E-state index contributed by atoms with van der Waals surface area (Å²) < 4.78 is 11.3. The van der Waals surface area contributed by atoms with Gasteiger partial charge in [-0.1, -0.05) is 18.2 Å². The molecule has 1 aromatic heterocycles. The number of para-hydroxylation sites is 1. The second kappa shape index (κ2) is 7.43. The van der Waals surface area contributed by atoms with E-state index in [0.29, 0.717) is 24.0 Å². The molecule has 0 spiro atoms. The fourth-order valence-electron chi connectivity index (χ4n) is 4.01. The first-order valence-electron chi connectivity index (χ1n) is 9.31. The highest BCUT2D eigenvalue weighted by atomic mass is 32.2. The van der Waals surface area contributed by atoms with Crippen LogP contribution in [-0.2, 0) is 12.8 Å². The monoisotopic (exact) mass is 384 g/mol. The first-order valence-corrected chi connectivity index (χ1v) is 10.2. The molecule has 1 aliphatic carbocycles. The summed E-state index contributed by atoms with van der Waals surface area (Å²) in [7, 11) is 1.66. The molecule has 4 rings (SSSR count). The van der Waals surface area contributed by atoms with Gasteiger partial charge in [0.25, 0.3) is 5.91 Å². The Kier molecular flexibility index (Phi) is 5.00. The molecule has 0 radical (unpaired) electrons. The number of methoxy groups -OCH3 is 1. The summed E-state index contributed by atoms with van der Waals surface area (Å²) in [5.41, 5.74) is 3.14. The second-order valence-electron chi connectivity index (χ2n) is 7.00. The largest absolute Gasteiger partial charge is 0.496 e. The lowest BCUT2D eigenvalue weighted by molar-refractivity contribution is 0.0923. The van der Waals surface area contributed by atoms with Crippen LogP contribution in [0.3, 0.4) is 0 Å². The maximum absolute atomic E-state index is 12.7. The number of nitrogens with zero attached hydrogens (tertiary/aromatic N) is 1. The Morgan fingerprint density at radius 2 is 2.19 bits per heavy atom. The maximum Gasteiger partial charge on any atom is 0.287 e. The highest BCUT2D eigenvalue weighted by molar-refractivity contribution is 8.14. The Balaban J connectivity index is 1.46. The van der Waals surface area contributed by atoms with Crippen molar-refractivity contribution in [1.29, 1.82) is 0 Å². The molecular weight excluding hydrogens is 360 g/mol. The molecule has 0 saturated heterocycles. The fourth-order valence-corrected chi connectivity index (χ4v) is 5.18. The minimum absolute atomic E-state index is 0.137. The first kappa shape index (κ1) is 18.2. The molecule has 142 valence electrons. The molecular formula is C21H24N2O3S. The average Bonchev–Trinajstić information content (AvgIpc) is 3.21. The van der Waals surface area contributed by atoms with E-state index in [1.54, 1.807) is 7.11 Å². The van der Waals surface area contributed by atoms with Crippen LogP contribution in [0.1, 0.15) is 52.4 Å². The van der Waals surface area contributed by atoms with E-state index in [1.165, 1.54) is 0 Å². The molecule has 6 heteroatoms. The van der Waals surface area contributed by atoms with E-state index in [9.17, 15) is 4.79 Å². The molecule has 0 bridgehead atoms. The zero-order chi connectivity index (χ0) is 19.0. The predicted molar refractivity (Wildman–Crippen MR) is 108 cm³/mol. The minimum atomic E-state index is -0.153. The summed E-state index contributed by atoms with van der Waals surface area (Å²) in [5.74, 6) is 2.06. The van der Waals surface area contributed by atoms with Gasteiger partial charge in [0.1, 0.15) is 11.5 Å². The van der Waals surface area contributed by atoms with Crippen molar-refractivity contribution < 1.29 is 13.9 Å². The number of benzene rings is 1. The normalized spacial score (nSPS) is 20.6. The summed E-state index contributed by atoms with van der Waals surface area (Å²) in [6.07, 6.45) is 2.63. The Morgan fingerprint density at radius 3 is 3.00 bits per heavy atom. The molecule has 2 aromatic rings. The van der Waals surface area contributed by atoms with E-state index >= 15 is 0 Å². The van der Waals surface area contributed by atoms with Crippen LogP contribution in [-0.4, -0.2) is 29.9 Å². The summed E-state index contributed by atoms with van der Waals surface area (Å²) in [6, 6.07) is 8.00.